The largest absolute Gasteiger partial charge is 0.301 e. The molecule has 1 aromatic carbocycles. The summed E-state index contributed by atoms with van der Waals surface area (Å²) in [5, 5.41) is 17.5. The van der Waals surface area contributed by atoms with E-state index >= 15 is 0 Å². The maximum absolute atomic E-state index is 9.27. The number of rotatable bonds is 6. The Balaban J connectivity index is 1.65. The molecule has 1 saturated heterocycles. The van der Waals surface area contributed by atoms with Gasteiger partial charge in [-0.2, -0.15) is 5.26 Å². The van der Waals surface area contributed by atoms with Crippen LogP contribution < -0.4 is 0 Å². The van der Waals surface area contributed by atoms with Gasteiger partial charge in [0.1, 0.15) is 6.07 Å². The van der Waals surface area contributed by atoms with Crippen molar-refractivity contribution in [1.82, 2.24) is 19.9 Å². The Hall–Kier alpha value is -2.19. The van der Waals surface area contributed by atoms with E-state index in [-0.39, 0.29) is 0 Å². The van der Waals surface area contributed by atoms with Crippen molar-refractivity contribution < 1.29 is 0 Å². The Labute approximate surface area is 137 Å². The van der Waals surface area contributed by atoms with Gasteiger partial charge >= 0.3 is 0 Å². The third kappa shape index (κ3) is 3.96. The van der Waals surface area contributed by atoms with E-state index in [1.807, 2.05) is 4.68 Å². The van der Waals surface area contributed by atoms with Crippen molar-refractivity contribution in [3.8, 4) is 6.07 Å². The summed E-state index contributed by atoms with van der Waals surface area (Å²) < 4.78 is 1.92. The molecule has 0 aliphatic carbocycles. The van der Waals surface area contributed by atoms with Crippen LogP contribution in [-0.4, -0.2) is 39.5 Å². The first kappa shape index (κ1) is 15.7. The van der Waals surface area contributed by atoms with Crippen molar-refractivity contribution in [2.45, 2.75) is 39.2 Å². The second-order valence-electron chi connectivity index (χ2n) is 6.25. The average molecular weight is 309 g/mol. The predicted octanol–water partition coefficient (Wildman–Crippen LogP) is 2.34. The molecule has 0 unspecified atom stereocenters. The van der Waals surface area contributed by atoms with Crippen LogP contribution >= 0.6 is 0 Å². The number of hydrogen-bond donors (Lipinski definition) is 0. The van der Waals surface area contributed by atoms with Crippen molar-refractivity contribution in [1.29, 1.82) is 5.26 Å². The van der Waals surface area contributed by atoms with Crippen molar-refractivity contribution >= 4 is 0 Å². The lowest BCUT2D eigenvalue weighted by molar-refractivity contribution is 0.312. The van der Waals surface area contributed by atoms with Gasteiger partial charge in [0.25, 0.3) is 0 Å². The zero-order valence-corrected chi connectivity index (χ0v) is 13.7. The molecule has 23 heavy (non-hydrogen) atoms. The minimum Gasteiger partial charge on any atom is -0.301 e. The zero-order valence-electron chi connectivity index (χ0n) is 13.7. The fraction of sp³-hybridized carbons (Fsp3) is 0.500. The Morgan fingerprint density at radius 1 is 1.09 bits per heavy atom. The molecule has 1 aliphatic rings. The Bertz CT molecular complexity index is 674. The molecule has 1 aromatic heterocycles. The van der Waals surface area contributed by atoms with Gasteiger partial charge in [-0.05, 0) is 51.3 Å². The molecule has 0 atom stereocenters. The lowest BCUT2D eigenvalue weighted by atomic mass is 10.1. The van der Waals surface area contributed by atoms with E-state index in [0.29, 0.717) is 5.69 Å². The molecule has 5 heteroatoms. The monoisotopic (exact) mass is 309 g/mol. The van der Waals surface area contributed by atoms with Gasteiger partial charge in [-0.1, -0.05) is 35.0 Å². The number of aromatic nitrogens is 3. The molecular formula is C18H23N5. The normalized spacial score (nSPS) is 15.0. The summed E-state index contributed by atoms with van der Waals surface area (Å²) in [5.41, 5.74) is 3.99. The van der Waals surface area contributed by atoms with Crippen molar-refractivity contribution in [2.24, 2.45) is 0 Å². The maximum atomic E-state index is 9.27. The molecule has 2 aromatic rings. The van der Waals surface area contributed by atoms with Crippen LogP contribution in [0.2, 0.25) is 0 Å². The first-order chi connectivity index (χ1) is 11.3. The summed E-state index contributed by atoms with van der Waals surface area (Å²) in [6, 6.07) is 10.7. The third-order valence-electron chi connectivity index (χ3n) is 4.54. The fourth-order valence-corrected chi connectivity index (χ4v) is 3.11. The van der Waals surface area contributed by atoms with Crippen LogP contribution in [0.4, 0.5) is 0 Å². The molecular weight excluding hydrogens is 286 g/mol. The van der Waals surface area contributed by atoms with E-state index in [2.05, 4.69) is 52.5 Å². The molecule has 120 valence electrons. The average Bonchev–Trinajstić information content (AvgIpc) is 3.21. The highest BCUT2D eigenvalue weighted by Crippen LogP contribution is 2.12. The number of hydrogen-bond acceptors (Lipinski definition) is 4. The number of nitrogens with zero attached hydrogens (tertiary/aromatic N) is 5. The summed E-state index contributed by atoms with van der Waals surface area (Å²) in [4.78, 5) is 2.46. The highest BCUT2D eigenvalue weighted by atomic mass is 15.4. The molecule has 0 bridgehead atoms. The topological polar surface area (TPSA) is 57.7 Å². The van der Waals surface area contributed by atoms with Gasteiger partial charge in [0, 0.05) is 6.54 Å². The summed E-state index contributed by atoms with van der Waals surface area (Å²) in [7, 11) is 0. The molecule has 0 spiro atoms. The van der Waals surface area contributed by atoms with E-state index < -0.39 is 0 Å². The molecule has 2 heterocycles. The van der Waals surface area contributed by atoms with Crippen molar-refractivity contribution in [2.75, 3.05) is 19.6 Å². The SMILES string of the molecule is Cc1ccc(CCc2c(C#N)nnn2CCN2CCCC2)cc1. The van der Waals surface area contributed by atoms with Crippen LogP contribution in [0.25, 0.3) is 0 Å². The summed E-state index contributed by atoms with van der Waals surface area (Å²) in [5.74, 6) is 0. The standard InChI is InChI=1S/C18H23N5/c1-15-4-6-16(7-5-15)8-9-18-17(14-19)20-21-23(18)13-12-22-10-2-3-11-22/h4-7H,2-3,8-13H2,1H3. The fourth-order valence-electron chi connectivity index (χ4n) is 3.11. The quantitative estimate of drug-likeness (QED) is 0.822. The maximum Gasteiger partial charge on any atom is 0.185 e. The van der Waals surface area contributed by atoms with E-state index in [9.17, 15) is 5.26 Å². The van der Waals surface area contributed by atoms with Crippen molar-refractivity contribution in [3.63, 3.8) is 0 Å². The van der Waals surface area contributed by atoms with E-state index in [0.717, 1.165) is 31.6 Å². The second-order valence-corrected chi connectivity index (χ2v) is 6.25. The lowest BCUT2D eigenvalue weighted by Crippen LogP contribution is -2.25. The van der Waals surface area contributed by atoms with E-state index in [1.54, 1.807) is 0 Å². The molecule has 0 N–H and O–H groups in total. The van der Waals surface area contributed by atoms with E-state index in [4.69, 9.17) is 0 Å². The number of aryl methyl sites for hydroxylation is 2. The number of benzene rings is 1. The van der Waals surface area contributed by atoms with Gasteiger partial charge < -0.3 is 4.90 Å². The second kappa shape index (κ2) is 7.38. The highest BCUT2D eigenvalue weighted by molar-refractivity contribution is 5.27. The highest BCUT2D eigenvalue weighted by Gasteiger charge is 2.15. The number of nitriles is 1. The molecule has 1 fully saturated rings. The van der Waals surface area contributed by atoms with Gasteiger partial charge in [0.2, 0.25) is 0 Å². The third-order valence-corrected chi connectivity index (χ3v) is 4.54. The molecule has 1 aliphatic heterocycles. The molecule has 0 radical (unpaired) electrons. The summed E-state index contributed by atoms with van der Waals surface area (Å²) in [6.07, 6.45) is 4.30. The lowest BCUT2D eigenvalue weighted by Gasteiger charge is -2.15. The van der Waals surface area contributed by atoms with Crippen LogP contribution in [0, 0.1) is 18.3 Å². The van der Waals surface area contributed by atoms with Gasteiger partial charge in [0.05, 0.1) is 12.2 Å². The van der Waals surface area contributed by atoms with Crippen LogP contribution in [-0.2, 0) is 19.4 Å². The molecule has 5 nitrogen and oxygen atoms in total. The molecule has 3 rings (SSSR count). The first-order valence-corrected chi connectivity index (χ1v) is 8.36. The van der Waals surface area contributed by atoms with Gasteiger partial charge in [-0.3, -0.25) is 0 Å². The van der Waals surface area contributed by atoms with Gasteiger partial charge in [0.15, 0.2) is 5.69 Å². The van der Waals surface area contributed by atoms with E-state index in [1.165, 1.54) is 37.1 Å². The van der Waals surface area contributed by atoms with Crippen LogP contribution in [0.15, 0.2) is 24.3 Å². The van der Waals surface area contributed by atoms with Crippen LogP contribution in [0.3, 0.4) is 0 Å². The number of likely N-dealkylation sites (tertiary alicyclic amines) is 1. The van der Waals surface area contributed by atoms with Gasteiger partial charge in [-0.15, -0.1) is 5.10 Å². The first-order valence-electron chi connectivity index (χ1n) is 8.36. The molecule has 0 saturated carbocycles. The summed E-state index contributed by atoms with van der Waals surface area (Å²) in [6.45, 7) is 6.26. The van der Waals surface area contributed by atoms with Crippen molar-refractivity contribution in [3.05, 3.63) is 46.8 Å². The smallest absolute Gasteiger partial charge is 0.185 e. The van der Waals surface area contributed by atoms with Crippen LogP contribution in [0.1, 0.15) is 35.4 Å². The van der Waals surface area contributed by atoms with Gasteiger partial charge in [-0.25, -0.2) is 4.68 Å². The molecule has 0 amide bonds. The Morgan fingerprint density at radius 2 is 1.83 bits per heavy atom. The van der Waals surface area contributed by atoms with Crippen LogP contribution in [0.5, 0.6) is 0 Å². The Morgan fingerprint density at radius 3 is 2.52 bits per heavy atom. The predicted molar refractivity (Wildman–Crippen MR) is 89.0 cm³/mol. The minimum atomic E-state index is 0.471. The summed E-state index contributed by atoms with van der Waals surface area (Å²) >= 11 is 0. The zero-order chi connectivity index (χ0) is 16.1. The minimum absolute atomic E-state index is 0.471. The Kier molecular flexibility index (Phi) is 5.04.